The summed E-state index contributed by atoms with van der Waals surface area (Å²) in [5.74, 6) is 0. The van der Waals surface area contributed by atoms with Crippen LogP contribution < -0.4 is 0 Å². The van der Waals surface area contributed by atoms with Crippen LogP contribution in [0.5, 0.6) is 0 Å². The fourth-order valence-corrected chi connectivity index (χ4v) is 2.42. The van der Waals surface area contributed by atoms with Crippen molar-refractivity contribution in [3.63, 3.8) is 0 Å². The maximum atomic E-state index is 8.42. The lowest BCUT2D eigenvalue weighted by Gasteiger charge is -2.21. The third-order valence-electron chi connectivity index (χ3n) is 2.56. The van der Waals surface area contributed by atoms with Gasteiger partial charge in [0.05, 0.1) is 8.22 Å². The van der Waals surface area contributed by atoms with E-state index in [0.29, 0.717) is 0 Å². The Morgan fingerprint density at radius 2 is 1.41 bits per heavy atom. The molecule has 0 aliphatic heterocycles. The van der Waals surface area contributed by atoms with E-state index in [9.17, 15) is 0 Å². The molecule has 0 radical (unpaired) electrons. The predicted octanol–water partition coefficient (Wildman–Crippen LogP) is 5.52. The van der Waals surface area contributed by atoms with Gasteiger partial charge in [0.25, 0.3) is 0 Å². The molecule has 86 valence electrons. The van der Waals surface area contributed by atoms with Gasteiger partial charge in [-0.25, -0.2) is 0 Å². The Hall–Kier alpha value is -0.600. The molecule has 0 saturated heterocycles. The van der Waals surface area contributed by atoms with Gasteiger partial charge in [0.15, 0.2) is 0 Å². The van der Waals surface area contributed by atoms with Gasteiger partial charge in [0.1, 0.15) is 0 Å². The zero-order valence-corrected chi connectivity index (χ0v) is 11.4. The molecule has 0 fully saturated rings. The second kappa shape index (κ2) is 3.69. The third kappa shape index (κ3) is 1.61. The van der Waals surface area contributed by atoms with E-state index in [-0.39, 0.29) is 20.1 Å². The fourth-order valence-electron chi connectivity index (χ4n) is 1.83. The highest BCUT2D eigenvalue weighted by atomic mass is 79.9. The first kappa shape index (κ1) is 4.21. The summed E-state index contributed by atoms with van der Waals surface area (Å²) in [6.07, 6.45) is 0. The molecule has 17 heavy (non-hydrogen) atoms. The van der Waals surface area contributed by atoms with Crippen molar-refractivity contribution >= 4 is 31.9 Å². The molecule has 0 aromatic heterocycles. The lowest BCUT2D eigenvalue weighted by molar-refractivity contribution is 0.659. The molecule has 0 heterocycles. The fraction of sp³-hybridized carbons (Fsp3) is 0.200. The van der Waals surface area contributed by atoms with E-state index in [4.69, 9.17) is 16.4 Å². The Morgan fingerprint density at radius 3 is 1.82 bits per heavy atom. The third-order valence-corrected chi connectivity index (χ3v) is 3.36. The van der Waals surface area contributed by atoms with Crippen LogP contribution in [0.4, 0.5) is 0 Å². The van der Waals surface area contributed by atoms with Gasteiger partial charge in [-0.2, -0.15) is 0 Å². The Labute approximate surface area is 135 Å². The molecular weight excluding hydrogens is 340 g/mol. The van der Waals surface area contributed by atoms with Crippen LogP contribution in [0.3, 0.4) is 0 Å². The first-order chi connectivity index (χ1) is 13.0. The molecule has 2 aromatic carbocycles. The quantitative estimate of drug-likeness (QED) is 0.578. The minimum atomic E-state index is -3.30. The van der Waals surface area contributed by atoms with Gasteiger partial charge in [0.2, 0.25) is 0 Å². The van der Waals surface area contributed by atoms with Gasteiger partial charge in [0, 0.05) is 22.6 Å². The van der Waals surface area contributed by atoms with Crippen molar-refractivity contribution in [1.82, 2.24) is 0 Å². The summed E-state index contributed by atoms with van der Waals surface area (Å²) in [5.41, 5.74) is -4.73. The number of fused-ring (bicyclic) bond motifs is 3. The van der Waals surface area contributed by atoms with Crippen LogP contribution in [-0.4, -0.2) is 0 Å². The van der Waals surface area contributed by atoms with Crippen LogP contribution in [0.1, 0.15) is 41.3 Å². The van der Waals surface area contributed by atoms with E-state index in [1.165, 1.54) is 0 Å². The topological polar surface area (TPSA) is 0 Å². The van der Waals surface area contributed by atoms with E-state index >= 15 is 0 Å². The molecule has 1 aliphatic rings. The number of hydrogen-bond donors (Lipinski definition) is 0. The lowest BCUT2D eigenvalue weighted by atomic mass is 9.82. The zero-order chi connectivity index (χ0) is 22.4. The Balaban J connectivity index is 2.82. The summed E-state index contributed by atoms with van der Waals surface area (Å²) in [5, 5.41) is 0. The smallest absolute Gasteiger partial charge is 0.0529 e. The van der Waals surface area contributed by atoms with E-state index < -0.39 is 66.5 Å². The van der Waals surface area contributed by atoms with Crippen molar-refractivity contribution in [2.45, 2.75) is 19.1 Å². The van der Waals surface area contributed by atoms with Gasteiger partial charge in [-0.3, -0.25) is 0 Å². The molecule has 0 atom stereocenters. The minimum Gasteiger partial charge on any atom is -0.0529 e. The second-order valence-corrected chi connectivity index (χ2v) is 5.21. The molecule has 0 N–H and O–H groups in total. The van der Waals surface area contributed by atoms with E-state index in [0.717, 1.165) is 0 Å². The first-order valence-corrected chi connectivity index (χ1v) is 6.21. The van der Waals surface area contributed by atoms with Gasteiger partial charge in [-0.05, 0) is 46.4 Å². The van der Waals surface area contributed by atoms with Gasteiger partial charge < -0.3 is 0 Å². The number of rotatable bonds is 0. The van der Waals surface area contributed by atoms with Crippen LogP contribution >= 0.6 is 31.9 Å². The monoisotopic (exact) mass is 362 g/mol. The number of benzene rings is 2. The van der Waals surface area contributed by atoms with Crippen LogP contribution in [0.2, 0.25) is 0 Å². The molecule has 0 saturated carbocycles. The highest BCUT2D eigenvalue weighted by Crippen LogP contribution is 2.49. The molecule has 0 bridgehead atoms. The van der Waals surface area contributed by atoms with Gasteiger partial charge in [-0.1, -0.05) is 57.6 Å². The summed E-state index contributed by atoms with van der Waals surface area (Å²) in [4.78, 5) is 0. The van der Waals surface area contributed by atoms with Crippen molar-refractivity contribution in [2.75, 3.05) is 0 Å². The van der Waals surface area contributed by atoms with E-state index in [1.807, 2.05) is 0 Å². The molecule has 2 aromatic rings. The molecule has 0 spiro atoms. The summed E-state index contributed by atoms with van der Waals surface area (Å²) >= 11 is 5.95. The van der Waals surface area contributed by atoms with Crippen molar-refractivity contribution < 1.29 is 16.4 Å². The molecule has 0 amide bonds. The molecule has 0 unspecified atom stereocenters. The van der Waals surface area contributed by atoms with Crippen LogP contribution in [0.15, 0.2) is 45.2 Å². The average Bonchev–Trinajstić information content (AvgIpc) is 2.94. The molecule has 1 aliphatic carbocycles. The molecular formula is C15H12Br2. The zero-order valence-electron chi connectivity index (χ0n) is 20.3. The van der Waals surface area contributed by atoms with E-state index in [1.54, 1.807) is 0 Å². The second-order valence-electron chi connectivity index (χ2n) is 3.63. The largest absolute Gasteiger partial charge is 0.0638 e. The van der Waals surface area contributed by atoms with Crippen LogP contribution in [-0.2, 0) is 5.41 Å². The first-order valence-electron chi connectivity index (χ1n) is 10.6. The average molecular weight is 364 g/mol. The lowest BCUT2D eigenvalue weighted by Crippen LogP contribution is -2.14. The van der Waals surface area contributed by atoms with Crippen LogP contribution in [0, 0.1) is 0 Å². The SMILES string of the molecule is [2H]c1c([2H])c2c(c([2H])c1Br)C(C([2H])([2H])[2H])(C([2H])([2H])[2H])c1c([2H])c(Br)c([2H])c([2H])c1-2. The summed E-state index contributed by atoms with van der Waals surface area (Å²) in [6, 6.07) is -3.32. The number of halogens is 2. The number of hydrogen-bond acceptors (Lipinski definition) is 0. The maximum Gasteiger partial charge on any atom is 0.0638 e. The van der Waals surface area contributed by atoms with Crippen molar-refractivity contribution in [1.29, 1.82) is 0 Å². The summed E-state index contributed by atoms with van der Waals surface area (Å²) in [7, 11) is 0. The Bertz CT molecular complexity index is 982. The van der Waals surface area contributed by atoms with Gasteiger partial charge in [-0.15, -0.1) is 0 Å². The molecule has 3 rings (SSSR count). The van der Waals surface area contributed by atoms with Gasteiger partial charge >= 0.3 is 0 Å². The maximum absolute atomic E-state index is 8.42. The standard InChI is InChI=1S/C15H12Br2/c1-15(2)13-7-9(16)3-5-11(13)12-6-4-10(17)8-14(12)15/h3-8H,1-2H3/i1D3,2D3,3D,4D,5D,6D,7D,8D. The molecule has 2 heteroatoms. The Kier molecular flexibility index (Phi) is 0.915. The summed E-state index contributed by atoms with van der Waals surface area (Å²) in [6.45, 7) is -6.59. The summed E-state index contributed by atoms with van der Waals surface area (Å²) < 4.78 is 97.9. The highest BCUT2D eigenvalue weighted by Gasteiger charge is 2.35. The Morgan fingerprint density at radius 1 is 0.941 bits per heavy atom. The predicted molar refractivity (Wildman–Crippen MR) is 79.4 cm³/mol. The van der Waals surface area contributed by atoms with Crippen LogP contribution in [0.25, 0.3) is 11.1 Å². The van der Waals surface area contributed by atoms with Crippen molar-refractivity contribution in [3.05, 3.63) is 56.3 Å². The van der Waals surface area contributed by atoms with E-state index in [2.05, 4.69) is 31.9 Å². The normalized spacial score (nSPS) is 27.2. The highest BCUT2D eigenvalue weighted by molar-refractivity contribution is 9.10. The minimum absolute atomic E-state index is 0.254. The van der Waals surface area contributed by atoms with Crippen molar-refractivity contribution in [3.8, 4) is 11.1 Å². The van der Waals surface area contributed by atoms with Crippen molar-refractivity contribution in [2.24, 2.45) is 0 Å². The molecule has 0 nitrogen and oxygen atoms in total.